The van der Waals surface area contributed by atoms with E-state index >= 15 is 0 Å². The van der Waals surface area contributed by atoms with Crippen LogP contribution < -0.4 is 15.8 Å². The molecule has 0 saturated carbocycles. The molecule has 0 saturated heterocycles. The zero-order valence-electron chi connectivity index (χ0n) is 12.2. The third-order valence-electron chi connectivity index (χ3n) is 2.63. The van der Waals surface area contributed by atoms with E-state index in [0.717, 1.165) is 5.75 Å². The molecular formula is C12H21ClN4O3S2. The van der Waals surface area contributed by atoms with Gasteiger partial charge < -0.3 is 11.1 Å². The third-order valence-corrected chi connectivity index (χ3v) is 4.72. The number of pyridine rings is 1. The molecule has 4 N–H and O–H groups in total. The zero-order valence-corrected chi connectivity index (χ0v) is 14.6. The van der Waals surface area contributed by atoms with Crippen molar-refractivity contribution in [3.63, 3.8) is 0 Å². The summed E-state index contributed by atoms with van der Waals surface area (Å²) in [7, 11) is -3.59. The molecule has 0 aliphatic rings. The van der Waals surface area contributed by atoms with Crippen molar-refractivity contribution >= 4 is 40.1 Å². The van der Waals surface area contributed by atoms with Gasteiger partial charge in [-0.2, -0.15) is 11.8 Å². The molecule has 0 aliphatic heterocycles. The van der Waals surface area contributed by atoms with Crippen LogP contribution in [0.4, 0.5) is 0 Å². The Kier molecular flexibility index (Phi) is 10.4. The minimum atomic E-state index is -3.59. The van der Waals surface area contributed by atoms with Crippen molar-refractivity contribution in [1.29, 1.82) is 0 Å². The number of rotatable bonds is 9. The highest BCUT2D eigenvalue weighted by molar-refractivity contribution is 7.98. The number of amides is 1. The molecule has 0 aromatic carbocycles. The third kappa shape index (κ3) is 7.41. The Morgan fingerprint density at radius 2 is 2.18 bits per heavy atom. The monoisotopic (exact) mass is 368 g/mol. The second-order valence-electron chi connectivity index (χ2n) is 4.27. The van der Waals surface area contributed by atoms with Crippen molar-refractivity contribution in [2.45, 2.75) is 17.4 Å². The smallest absolute Gasteiger partial charge is 0.242 e. The number of halogens is 1. The van der Waals surface area contributed by atoms with Gasteiger partial charge in [-0.05, 0) is 30.6 Å². The van der Waals surface area contributed by atoms with Crippen LogP contribution in [-0.2, 0) is 14.8 Å². The second-order valence-corrected chi connectivity index (χ2v) is 7.02. The molecule has 0 fully saturated rings. The fourth-order valence-corrected chi connectivity index (χ4v) is 2.95. The van der Waals surface area contributed by atoms with E-state index in [-0.39, 0.29) is 36.3 Å². The van der Waals surface area contributed by atoms with E-state index in [1.165, 1.54) is 18.5 Å². The first-order valence-corrected chi connectivity index (χ1v) is 9.27. The Bertz CT molecular complexity index is 543. The topological polar surface area (TPSA) is 114 Å². The van der Waals surface area contributed by atoms with E-state index in [4.69, 9.17) is 5.73 Å². The molecule has 1 unspecified atom stereocenters. The Morgan fingerprint density at radius 3 is 2.77 bits per heavy atom. The first-order valence-electron chi connectivity index (χ1n) is 6.39. The maximum Gasteiger partial charge on any atom is 0.242 e. The van der Waals surface area contributed by atoms with Gasteiger partial charge in [-0.1, -0.05) is 0 Å². The van der Waals surface area contributed by atoms with Crippen molar-refractivity contribution < 1.29 is 13.2 Å². The van der Waals surface area contributed by atoms with Crippen molar-refractivity contribution in [3.05, 3.63) is 24.5 Å². The molecular weight excluding hydrogens is 348 g/mol. The van der Waals surface area contributed by atoms with Gasteiger partial charge in [0.05, 0.1) is 6.04 Å². The molecule has 7 nitrogen and oxygen atoms in total. The number of aromatic nitrogens is 1. The van der Waals surface area contributed by atoms with Crippen LogP contribution in [0.2, 0.25) is 0 Å². The minimum absolute atomic E-state index is 0. The van der Waals surface area contributed by atoms with Gasteiger partial charge in [-0.15, -0.1) is 12.4 Å². The average Bonchev–Trinajstić information content (AvgIpc) is 2.49. The van der Waals surface area contributed by atoms with Gasteiger partial charge in [0.1, 0.15) is 4.90 Å². The van der Waals surface area contributed by atoms with Crippen LogP contribution in [0.1, 0.15) is 6.42 Å². The minimum Gasteiger partial charge on any atom is -0.353 e. The largest absolute Gasteiger partial charge is 0.353 e. The van der Waals surface area contributed by atoms with Crippen LogP contribution in [0, 0.1) is 0 Å². The van der Waals surface area contributed by atoms with Gasteiger partial charge in [0, 0.05) is 25.5 Å². The Balaban J connectivity index is 0.00000441. The van der Waals surface area contributed by atoms with Crippen LogP contribution in [0.25, 0.3) is 0 Å². The molecule has 126 valence electrons. The Labute approximate surface area is 141 Å². The zero-order chi connectivity index (χ0) is 15.7. The molecule has 0 aliphatic carbocycles. The molecule has 1 aromatic rings. The lowest BCUT2D eigenvalue weighted by Crippen LogP contribution is -2.43. The molecule has 1 rings (SSSR count). The van der Waals surface area contributed by atoms with E-state index < -0.39 is 16.1 Å². The molecule has 1 atom stereocenters. The predicted molar refractivity (Wildman–Crippen MR) is 90.7 cm³/mol. The van der Waals surface area contributed by atoms with Gasteiger partial charge in [0.15, 0.2) is 0 Å². The molecule has 1 amide bonds. The quantitative estimate of drug-likeness (QED) is 0.528. The van der Waals surface area contributed by atoms with Crippen molar-refractivity contribution in [2.24, 2.45) is 5.73 Å². The summed E-state index contributed by atoms with van der Waals surface area (Å²) in [6.45, 7) is 0.281. The maximum absolute atomic E-state index is 11.9. The van der Waals surface area contributed by atoms with Crippen molar-refractivity contribution in [3.8, 4) is 0 Å². The van der Waals surface area contributed by atoms with Crippen LogP contribution in [0.3, 0.4) is 0 Å². The molecule has 0 spiro atoms. The van der Waals surface area contributed by atoms with Gasteiger partial charge in [0.25, 0.3) is 0 Å². The number of hydrogen-bond acceptors (Lipinski definition) is 6. The summed E-state index contributed by atoms with van der Waals surface area (Å²) in [5.41, 5.74) is 5.69. The summed E-state index contributed by atoms with van der Waals surface area (Å²) >= 11 is 1.62. The highest BCUT2D eigenvalue weighted by atomic mass is 35.5. The molecule has 22 heavy (non-hydrogen) atoms. The summed E-state index contributed by atoms with van der Waals surface area (Å²) in [6.07, 6.45) is 5.29. The number of thioether (sulfide) groups is 1. The van der Waals surface area contributed by atoms with E-state index in [0.29, 0.717) is 6.42 Å². The number of nitrogens with zero attached hydrogens (tertiary/aromatic N) is 1. The van der Waals surface area contributed by atoms with Crippen LogP contribution >= 0.6 is 24.2 Å². The number of nitrogens with two attached hydrogens (primary N) is 1. The first-order chi connectivity index (χ1) is 9.97. The maximum atomic E-state index is 11.9. The highest BCUT2D eigenvalue weighted by Gasteiger charge is 2.14. The molecule has 1 heterocycles. The van der Waals surface area contributed by atoms with E-state index in [1.54, 1.807) is 17.8 Å². The number of carbonyl (C=O) groups excluding carboxylic acids is 1. The Morgan fingerprint density at radius 1 is 1.45 bits per heavy atom. The van der Waals surface area contributed by atoms with E-state index in [2.05, 4.69) is 15.0 Å². The van der Waals surface area contributed by atoms with Crippen molar-refractivity contribution in [1.82, 2.24) is 15.0 Å². The van der Waals surface area contributed by atoms with Crippen LogP contribution in [0.5, 0.6) is 0 Å². The molecule has 0 bridgehead atoms. The normalized spacial score (nSPS) is 12.3. The van der Waals surface area contributed by atoms with Gasteiger partial charge in [-0.25, -0.2) is 13.1 Å². The summed E-state index contributed by atoms with van der Waals surface area (Å²) < 4.78 is 26.1. The standard InChI is InChI=1S/C12H20N4O3S2.ClH/c1-20-8-4-11(13)12(17)15-6-7-16-21(18,19)10-3-2-5-14-9-10;/h2-3,5,9,11,16H,4,6-8,13H2,1H3,(H,15,17);1H. The number of carbonyl (C=O) groups is 1. The SMILES string of the molecule is CSCCC(N)C(=O)NCCNS(=O)(=O)c1cccnc1.Cl. The van der Waals surface area contributed by atoms with Gasteiger partial charge in [-0.3, -0.25) is 9.78 Å². The second kappa shape index (κ2) is 10.8. The molecule has 1 aromatic heterocycles. The van der Waals surface area contributed by atoms with Gasteiger partial charge >= 0.3 is 0 Å². The lowest BCUT2D eigenvalue weighted by atomic mass is 10.2. The lowest BCUT2D eigenvalue weighted by Gasteiger charge is -2.12. The summed E-state index contributed by atoms with van der Waals surface area (Å²) in [5, 5.41) is 2.60. The van der Waals surface area contributed by atoms with E-state index in [1.807, 2.05) is 6.26 Å². The number of sulfonamides is 1. The van der Waals surface area contributed by atoms with Crippen LogP contribution in [-0.4, -0.2) is 50.4 Å². The highest BCUT2D eigenvalue weighted by Crippen LogP contribution is 2.04. The number of hydrogen-bond donors (Lipinski definition) is 3. The summed E-state index contributed by atoms with van der Waals surface area (Å²) in [4.78, 5) is 15.5. The summed E-state index contributed by atoms with van der Waals surface area (Å²) in [5.74, 6) is 0.534. The predicted octanol–water partition coefficient (Wildman–Crippen LogP) is -0.0217. The van der Waals surface area contributed by atoms with E-state index in [9.17, 15) is 13.2 Å². The Hall–Kier alpha value is -0.870. The lowest BCUT2D eigenvalue weighted by molar-refractivity contribution is -0.122. The fourth-order valence-electron chi connectivity index (χ4n) is 1.47. The first kappa shape index (κ1) is 21.1. The van der Waals surface area contributed by atoms with Crippen LogP contribution in [0.15, 0.2) is 29.4 Å². The summed E-state index contributed by atoms with van der Waals surface area (Å²) in [6, 6.07) is 2.43. The van der Waals surface area contributed by atoms with Crippen molar-refractivity contribution in [2.75, 3.05) is 25.1 Å². The molecule has 10 heteroatoms. The molecule has 0 radical (unpaired) electrons. The average molecular weight is 369 g/mol. The number of nitrogens with one attached hydrogen (secondary N) is 2. The fraction of sp³-hybridized carbons (Fsp3) is 0.500. The van der Waals surface area contributed by atoms with Gasteiger partial charge in [0.2, 0.25) is 15.9 Å².